The van der Waals surface area contributed by atoms with Gasteiger partial charge in [0.15, 0.2) is 0 Å². The molecule has 1 heterocycles. The molecule has 0 bridgehead atoms. The molecule has 0 radical (unpaired) electrons. The van der Waals surface area contributed by atoms with Gasteiger partial charge in [-0.1, -0.05) is 0 Å². The van der Waals surface area contributed by atoms with E-state index >= 15 is 0 Å². The molecule has 14 heavy (non-hydrogen) atoms. The van der Waals surface area contributed by atoms with Crippen LogP contribution in [-0.2, 0) is 4.79 Å². The fourth-order valence-electron chi connectivity index (χ4n) is 2.09. The molecule has 0 aromatic carbocycles. The molecule has 2 rings (SSSR count). The molecule has 1 amide bonds. The minimum atomic E-state index is 0.295. The van der Waals surface area contributed by atoms with Gasteiger partial charge in [-0.25, -0.2) is 0 Å². The van der Waals surface area contributed by atoms with Gasteiger partial charge in [0.1, 0.15) is 0 Å². The molecule has 1 saturated heterocycles. The summed E-state index contributed by atoms with van der Waals surface area (Å²) in [4.78, 5) is 13.8. The van der Waals surface area contributed by atoms with E-state index in [1.165, 1.54) is 32.1 Å². The predicted octanol–water partition coefficient (Wildman–Crippen LogP) is 1.14. The first-order valence-electron chi connectivity index (χ1n) is 5.80. The average molecular weight is 196 g/mol. The lowest BCUT2D eigenvalue weighted by molar-refractivity contribution is -0.133. The van der Waals surface area contributed by atoms with Crippen LogP contribution >= 0.6 is 0 Å². The molecule has 80 valence electrons. The van der Waals surface area contributed by atoms with Crippen molar-refractivity contribution < 1.29 is 4.79 Å². The van der Waals surface area contributed by atoms with Crippen LogP contribution in [-0.4, -0.2) is 36.0 Å². The number of amides is 1. The molecule has 1 aliphatic heterocycles. The largest absolute Gasteiger partial charge is 0.339 e. The standard InChI is InChI=1S/C11H20N2O/c1-9-4-2-3-7-13(9)11(14)8-12-10-5-6-10/h9-10,12H,2-8H2,1H3. The lowest BCUT2D eigenvalue weighted by Gasteiger charge is -2.33. The van der Waals surface area contributed by atoms with Crippen LogP contribution in [0.4, 0.5) is 0 Å². The van der Waals surface area contributed by atoms with Gasteiger partial charge in [0.05, 0.1) is 6.54 Å². The smallest absolute Gasteiger partial charge is 0.236 e. The topological polar surface area (TPSA) is 32.3 Å². The zero-order chi connectivity index (χ0) is 9.97. The van der Waals surface area contributed by atoms with Crippen molar-refractivity contribution in [1.29, 1.82) is 0 Å². The van der Waals surface area contributed by atoms with Crippen LogP contribution in [0.1, 0.15) is 39.0 Å². The zero-order valence-electron chi connectivity index (χ0n) is 8.96. The molecule has 1 saturated carbocycles. The molecule has 1 N–H and O–H groups in total. The van der Waals surface area contributed by atoms with Crippen molar-refractivity contribution in [2.24, 2.45) is 0 Å². The van der Waals surface area contributed by atoms with Gasteiger partial charge in [0, 0.05) is 18.6 Å². The highest BCUT2D eigenvalue weighted by atomic mass is 16.2. The van der Waals surface area contributed by atoms with Gasteiger partial charge in [-0.2, -0.15) is 0 Å². The van der Waals surface area contributed by atoms with Crippen LogP contribution in [0.5, 0.6) is 0 Å². The molecule has 0 aromatic rings. The molecular weight excluding hydrogens is 176 g/mol. The van der Waals surface area contributed by atoms with Gasteiger partial charge in [0.25, 0.3) is 0 Å². The number of rotatable bonds is 3. The van der Waals surface area contributed by atoms with Crippen molar-refractivity contribution in [2.75, 3.05) is 13.1 Å². The van der Waals surface area contributed by atoms with Crippen molar-refractivity contribution in [3.8, 4) is 0 Å². The maximum atomic E-state index is 11.8. The maximum absolute atomic E-state index is 11.8. The minimum absolute atomic E-state index is 0.295. The molecular formula is C11H20N2O. The Morgan fingerprint density at radius 2 is 2.14 bits per heavy atom. The fraction of sp³-hybridized carbons (Fsp3) is 0.909. The monoisotopic (exact) mass is 196 g/mol. The summed E-state index contributed by atoms with van der Waals surface area (Å²) in [6, 6.07) is 1.09. The molecule has 3 nitrogen and oxygen atoms in total. The van der Waals surface area contributed by atoms with Gasteiger partial charge < -0.3 is 10.2 Å². The summed E-state index contributed by atoms with van der Waals surface area (Å²) in [5.74, 6) is 0.295. The molecule has 1 unspecified atom stereocenters. The van der Waals surface area contributed by atoms with E-state index in [1.54, 1.807) is 0 Å². The number of piperidine rings is 1. The van der Waals surface area contributed by atoms with E-state index in [-0.39, 0.29) is 0 Å². The Bertz CT molecular complexity index is 213. The molecule has 2 aliphatic rings. The van der Waals surface area contributed by atoms with E-state index < -0.39 is 0 Å². The second-order valence-corrected chi connectivity index (χ2v) is 4.59. The van der Waals surface area contributed by atoms with E-state index in [0.717, 1.165) is 6.54 Å². The van der Waals surface area contributed by atoms with Gasteiger partial charge in [0.2, 0.25) is 5.91 Å². The second-order valence-electron chi connectivity index (χ2n) is 4.59. The molecule has 2 fully saturated rings. The average Bonchev–Trinajstić information content (AvgIpc) is 2.98. The number of nitrogens with zero attached hydrogens (tertiary/aromatic N) is 1. The molecule has 0 aromatic heterocycles. The fourth-order valence-corrected chi connectivity index (χ4v) is 2.09. The van der Waals surface area contributed by atoms with E-state index in [0.29, 0.717) is 24.5 Å². The van der Waals surface area contributed by atoms with E-state index in [4.69, 9.17) is 0 Å². The van der Waals surface area contributed by atoms with Crippen LogP contribution in [0, 0.1) is 0 Å². The summed E-state index contributed by atoms with van der Waals surface area (Å²) in [6.45, 7) is 3.68. The van der Waals surface area contributed by atoms with Crippen molar-refractivity contribution >= 4 is 5.91 Å². The Balaban J connectivity index is 1.76. The number of carbonyl (C=O) groups excluding carboxylic acids is 1. The lowest BCUT2D eigenvalue weighted by Crippen LogP contribution is -2.46. The summed E-state index contributed by atoms with van der Waals surface area (Å²) in [7, 11) is 0. The third kappa shape index (κ3) is 2.47. The van der Waals surface area contributed by atoms with Crippen LogP contribution < -0.4 is 5.32 Å². The number of carbonyl (C=O) groups is 1. The number of hydrogen-bond acceptors (Lipinski definition) is 2. The summed E-state index contributed by atoms with van der Waals surface area (Å²) < 4.78 is 0. The van der Waals surface area contributed by atoms with Gasteiger partial charge in [-0.05, 0) is 39.0 Å². The predicted molar refractivity (Wildman–Crippen MR) is 56.1 cm³/mol. The molecule has 3 heteroatoms. The first kappa shape index (κ1) is 9.97. The van der Waals surface area contributed by atoms with Crippen LogP contribution in [0.15, 0.2) is 0 Å². The van der Waals surface area contributed by atoms with Crippen LogP contribution in [0.25, 0.3) is 0 Å². The Morgan fingerprint density at radius 1 is 1.36 bits per heavy atom. The third-order valence-corrected chi connectivity index (χ3v) is 3.24. The summed E-state index contributed by atoms with van der Waals surface area (Å²) in [5, 5.41) is 3.28. The van der Waals surface area contributed by atoms with Gasteiger partial charge >= 0.3 is 0 Å². The quantitative estimate of drug-likeness (QED) is 0.734. The van der Waals surface area contributed by atoms with Crippen LogP contribution in [0.3, 0.4) is 0 Å². The number of nitrogens with one attached hydrogen (secondary N) is 1. The van der Waals surface area contributed by atoms with Crippen LogP contribution in [0.2, 0.25) is 0 Å². The molecule has 0 spiro atoms. The number of likely N-dealkylation sites (tertiary alicyclic amines) is 1. The maximum Gasteiger partial charge on any atom is 0.236 e. The Kier molecular flexibility index (Phi) is 3.06. The molecule has 1 atom stereocenters. The minimum Gasteiger partial charge on any atom is -0.339 e. The first-order valence-corrected chi connectivity index (χ1v) is 5.80. The first-order chi connectivity index (χ1) is 6.77. The third-order valence-electron chi connectivity index (χ3n) is 3.24. The second kappa shape index (κ2) is 4.30. The summed E-state index contributed by atoms with van der Waals surface area (Å²) in [6.07, 6.45) is 6.14. The zero-order valence-corrected chi connectivity index (χ0v) is 8.96. The number of hydrogen-bond donors (Lipinski definition) is 1. The highest BCUT2D eigenvalue weighted by Gasteiger charge is 2.25. The van der Waals surface area contributed by atoms with E-state index in [1.807, 2.05) is 4.90 Å². The van der Waals surface area contributed by atoms with Crippen molar-refractivity contribution in [1.82, 2.24) is 10.2 Å². The van der Waals surface area contributed by atoms with Crippen molar-refractivity contribution in [2.45, 2.75) is 51.1 Å². The van der Waals surface area contributed by atoms with Gasteiger partial charge in [-0.3, -0.25) is 4.79 Å². The normalized spacial score (nSPS) is 27.8. The highest BCUT2D eigenvalue weighted by Crippen LogP contribution is 2.19. The van der Waals surface area contributed by atoms with Crippen molar-refractivity contribution in [3.63, 3.8) is 0 Å². The van der Waals surface area contributed by atoms with E-state index in [9.17, 15) is 4.79 Å². The molecule has 1 aliphatic carbocycles. The van der Waals surface area contributed by atoms with E-state index in [2.05, 4.69) is 12.2 Å². The Morgan fingerprint density at radius 3 is 2.79 bits per heavy atom. The highest BCUT2D eigenvalue weighted by molar-refractivity contribution is 5.78. The summed E-state index contributed by atoms with van der Waals surface area (Å²) in [5.41, 5.74) is 0. The summed E-state index contributed by atoms with van der Waals surface area (Å²) >= 11 is 0. The van der Waals surface area contributed by atoms with Gasteiger partial charge in [-0.15, -0.1) is 0 Å². The Hall–Kier alpha value is -0.570. The van der Waals surface area contributed by atoms with Crippen molar-refractivity contribution in [3.05, 3.63) is 0 Å². The lowest BCUT2D eigenvalue weighted by atomic mass is 10.0. The SMILES string of the molecule is CC1CCCCN1C(=O)CNC1CC1. The Labute approximate surface area is 85.8 Å².